The fraction of sp³-hybridized carbons (Fsp3) is 0.231. The number of rotatable bonds is 5. The fourth-order valence-corrected chi connectivity index (χ4v) is 5.34. The van der Waals surface area contributed by atoms with Gasteiger partial charge in [0, 0.05) is 14.5 Å². The third kappa shape index (κ3) is 4.13. The van der Waals surface area contributed by atoms with Crippen molar-refractivity contribution in [3.63, 3.8) is 0 Å². The van der Waals surface area contributed by atoms with Gasteiger partial charge in [0.05, 0.1) is 12.2 Å². The number of hydrogen-bond donors (Lipinski definition) is 0. The minimum absolute atomic E-state index is 0.422. The first-order valence-corrected chi connectivity index (χ1v) is 12.6. The summed E-state index contributed by atoms with van der Waals surface area (Å²) >= 11 is 22.2. The number of ether oxygens (including phenoxy) is 1. The number of aliphatic imine (C=N–C) groups is 1. The van der Waals surface area contributed by atoms with Crippen molar-refractivity contribution in [1.29, 1.82) is 0 Å². The van der Waals surface area contributed by atoms with Gasteiger partial charge < -0.3 is 4.74 Å². The van der Waals surface area contributed by atoms with Gasteiger partial charge in [-0.1, -0.05) is 63.4 Å². The van der Waals surface area contributed by atoms with Gasteiger partial charge in [-0.05, 0) is 86.0 Å². The molecule has 0 unspecified atom stereocenters. The molecule has 0 aromatic heterocycles. The number of halogens is 4. The van der Waals surface area contributed by atoms with E-state index in [0.29, 0.717) is 33.8 Å². The van der Waals surface area contributed by atoms with E-state index in [1.807, 2.05) is 75.4 Å². The third-order valence-electron chi connectivity index (χ3n) is 6.41. The van der Waals surface area contributed by atoms with Gasteiger partial charge in [-0.15, -0.1) is 0 Å². The molecule has 8 heteroatoms. The highest BCUT2D eigenvalue weighted by atomic mass is 79.9. The van der Waals surface area contributed by atoms with E-state index in [2.05, 4.69) is 15.9 Å². The molecule has 0 spiro atoms. The summed E-state index contributed by atoms with van der Waals surface area (Å²) < 4.78 is 6.76. The first-order chi connectivity index (χ1) is 16.1. The minimum Gasteiger partial charge on any atom is -0.493 e. The monoisotopic (exact) mass is 578 g/mol. The molecule has 1 aliphatic rings. The Morgan fingerprint density at radius 1 is 0.971 bits per heavy atom. The second-order valence-electron chi connectivity index (χ2n) is 8.26. The maximum absolute atomic E-state index is 13.1. The van der Waals surface area contributed by atoms with Crippen LogP contribution in [0.3, 0.4) is 0 Å². The molecule has 34 heavy (non-hydrogen) atoms. The van der Waals surface area contributed by atoms with Crippen molar-refractivity contribution in [3.8, 4) is 5.75 Å². The van der Waals surface area contributed by atoms with Crippen molar-refractivity contribution in [2.45, 2.75) is 31.8 Å². The van der Waals surface area contributed by atoms with Gasteiger partial charge in [0.2, 0.25) is 0 Å². The topological polar surface area (TPSA) is 41.9 Å². The predicted octanol–water partition coefficient (Wildman–Crippen LogP) is 8.41. The number of amides is 1. The lowest BCUT2D eigenvalue weighted by Gasteiger charge is -2.44. The molecule has 1 aliphatic heterocycles. The SMILES string of the molecule is CCOc1cc(Br)ccc1C1=N[C@@](C)(c2ccc(Cl)cc2)[C@](C)(c2ccc(Cl)cc2)N1C(=O)Cl. The first kappa shape index (κ1) is 25.1. The quantitative estimate of drug-likeness (QED) is 0.225. The molecular weight excluding hydrogens is 559 g/mol. The van der Waals surface area contributed by atoms with Crippen LogP contribution in [0.25, 0.3) is 0 Å². The summed E-state index contributed by atoms with van der Waals surface area (Å²) in [6, 6.07) is 20.5. The zero-order valence-electron chi connectivity index (χ0n) is 18.8. The van der Waals surface area contributed by atoms with Crippen molar-refractivity contribution >= 4 is 61.9 Å². The van der Waals surface area contributed by atoms with Crippen molar-refractivity contribution in [1.82, 2.24) is 4.90 Å². The van der Waals surface area contributed by atoms with Crippen LogP contribution in [0.5, 0.6) is 5.75 Å². The average molecular weight is 581 g/mol. The Morgan fingerprint density at radius 3 is 2.06 bits per heavy atom. The molecule has 176 valence electrons. The predicted molar refractivity (Wildman–Crippen MR) is 143 cm³/mol. The Bertz CT molecular complexity index is 1260. The second kappa shape index (κ2) is 9.54. The Morgan fingerprint density at radius 2 is 1.53 bits per heavy atom. The molecule has 0 aliphatic carbocycles. The van der Waals surface area contributed by atoms with E-state index in [-0.39, 0.29) is 0 Å². The highest BCUT2D eigenvalue weighted by Gasteiger charge is 2.59. The Balaban J connectivity index is 2.04. The van der Waals surface area contributed by atoms with Crippen LogP contribution in [-0.2, 0) is 11.1 Å². The van der Waals surface area contributed by atoms with Crippen molar-refractivity contribution in [2.24, 2.45) is 4.99 Å². The maximum atomic E-state index is 13.1. The van der Waals surface area contributed by atoms with Crippen molar-refractivity contribution in [3.05, 3.63) is 97.9 Å². The van der Waals surface area contributed by atoms with Crippen LogP contribution < -0.4 is 4.74 Å². The summed E-state index contributed by atoms with van der Waals surface area (Å²) in [6.07, 6.45) is 0. The molecule has 0 radical (unpaired) electrons. The zero-order chi connectivity index (χ0) is 24.7. The summed E-state index contributed by atoms with van der Waals surface area (Å²) in [4.78, 5) is 19.8. The van der Waals surface area contributed by atoms with E-state index >= 15 is 0 Å². The van der Waals surface area contributed by atoms with Crippen molar-refractivity contribution in [2.75, 3.05) is 6.61 Å². The molecule has 2 atom stereocenters. The standard InChI is InChI=1S/C26H22BrCl3N2O2/c1-4-34-22-15-18(27)9-14-21(22)23-31-25(2,16-5-10-19(28)11-6-16)26(3,32(23)24(30)33)17-7-12-20(29)13-8-17/h5-15H,4H2,1-3H3/t25-,26-/m0/s1. The van der Waals surface area contributed by atoms with E-state index in [0.717, 1.165) is 15.6 Å². The lowest BCUT2D eigenvalue weighted by atomic mass is 9.71. The average Bonchev–Trinajstić information content (AvgIpc) is 3.04. The molecule has 0 fully saturated rings. The van der Waals surface area contributed by atoms with Crippen LogP contribution >= 0.6 is 50.7 Å². The molecule has 1 amide bonds. The molecular formula is C26H22BrCl3N2O2. The summed E-state index contributed by atoms with van der Waals surface area (Å²) in [6.45, 7) is 6.31. The van der Waals surface area contributed by atoms with Crippen molar-refractivity contribution < 1.29 is 9.53 Å². The highest BCUT2D eigenvalue weighted by Crippen LogP contribution is 2.54. The number of amidine groups is 1. The van der Waals surface area contributed by atoms with E-state index in [1.165, 1.54) is 4.90 Å². The molecule has 4 rings (SSSR count). The number of benzene rings is 3. The highest BCUT2D eigenvalue weighted by molar-refractivity contribution is 9.10. The molecule has 3 aromatic rings. The summed E-state index contributed by atoms with van der Waals surface area (Å²) in [7, 11) is 0. The third-order valence-corrected chi connectivity index (χ3v) is 7.58. The molecule has 0 saturated carbocycles. The van der Waals surface area contributed by atoms with Gasteiger partial charge in [0.1, 0.15) is 22.7 Å². The van der Waals surface area contributed by atoms with Crippen LogP contribution in [0.2, 0.25) is 10.0 Å². The first-order valence-electron chi connectivity index (χ1n) is 10.7. The summed E-state index contributed by atoms with van der Waals surface area (Å²) in [5.74, 6) is 1.02. The van der Waals surface area contributed by atoms with Crippen LogP contribution in [-0.4, -0.2) is 22.7 Å². The molecule has 0 saturated heterocycles. The molecule has 3 aromatic carbocycles. The molecule has 0 N–H and O–H groups in total. The van der Waals surface area contributed by atoms with Gasteiger partial charge in [0.25, 0.3) is 0 Å². The van der Waals surface area contributed by atoms with E-state index in [1.54, 1.807) is 12.1 Å². The van der Waals surface area contributed by atoms with Gasteiger partial charge in [-0.3, -0.25) is 14.7 Å². The fourth-order valence-electron chi connectivity index (χ4n) is 4.50. The minimum atomic E-state index is -0.990. The smallest absolute Gasteiger partial charge is 0.322 e. The largest absolute Gasteiger partial charge is 0.493 e. The van der Waals surface area contributed by atoms with Gasteiger partial charge in [-0.2, -0.15) is 0 Å². The van der Waals surface area contributed by atoms with Gasteiger partial charge in [0.15, 0.2) is 0 Å². The Kier molecular flexibility index (Phi) is 7.03. The van der Waals surface area contributed by atoms with Crippen LogP contribution in [0.1, 0.15) is 37.5 Å². The molecule has 4 nitrogen and oxygen atoms in total. The number of carbonyl (C=O) groups is 1. The maximum Gasteiger partial charge on any atom is 0.322 e. The Hall–Kier alpha value is -2.05. The summed E-state index contributed by atoms with van der Waals surface area (Å²) in [5, 5.41) is 0.550. The van der Waals surface area contributed by atoms with Crippen LogP contribution in [0.4, 0.5) is 4.79 Å². The lowest BCUT2D eigenvalue weighted by Crippen LogP contribution is -2.53. The van der Waals surface area contributed by atoms with E-state index in [9.17, 15) is 4.79 Å². The Labute approximate surface area is 222 Å². The molecule has 0 bridgehead atoms. The van der Waals surface area contributed by atoms with E-state index < -0.39 is 16.4 Å². The van der Waals surface area contributed by atoms with Gasteiger partial charge >= 0.3 is 5.37 Å². The summed E-state index contributed by atoms with van der Waals surface area (Å²) in [5.41, 5.74) is 0.467. The lowest BCUT2D eigenvalue weighted by molar-refractivity contribution is 0.149. The molecule has 1 heterocycles. The number of carbonyl (C=O) groups excluding carboxylic acids is 1. The second-order valence-corrected chi connectivity index (χ2v) is 10.4. The van der Waals surface area contributed by atoms with Crippen LogP contribution in [0.15, 0.2) is 76.2 Å². The normalized spacial score (nSPS) is 22.0. The zero-order valence-corrected chi connectivity index (χ0v) is 22.6. The van der Waals surface area contributed by atoms with Gasteiger partial charge in [-0.25, -0.2) is 0 Å². The van der Waals surface area contributed by atoms with E-state index in [4.69, 9.17) is 44.5 Å². The number of nitrogens with zero attached hydrogens (tertiary/aromatic N) is 2. The van der Waals surface area contributed by atoms with Crippen LogP contribution in [0, 0.1) is 0 Å². The number of hydrogen-bond acceptors (Lipinski definition) is 3.